The molecule has 0 aromatic heterocycles. The first-order chi connectivity index (χ1) is 27.2. The Bertz CT molecular complexity index is 1740. The molecule has 0 bridgehead atoms. The molecule has 18 nitrogen and oxygen atoms in total. The van der Waals surface area contributed by atoms with Crippen LogP contribution in [0.2, 0.25) is 0 Å². The monoisotopic (exact) mass is 845 g/mol. The highest BCUT2D eigenvalue weighted by Gasteiger charge is 2.32. The molecule has 2 rings (SSSR count). The molecule has 0 aliphatic rings. The first-order valence-electron chi connectivity index (χ1n) is 19.3. The summed E-state index contributed by atoms with van der Waals surface area (Å²) < 4.78 is 65.1. The SMILES string of the molecule is CCOC(=O)[C@H](CCCCCCCCNC)NS(=O)(=O)c1ccccc1[N+](=O)[O-].CCOC(=O)[C@H](CCCCCCCCO)NS(=O)(=O)c1ccccc1[N+](=O)[O-]. The van der Waals surface area contributed by atoms with Crippen LogP contribution in [0.5, 0.6) is 0 Å². The minimum absolute atomic E-state index is 0.101. The Morgan fingerprint density at radius 1 is 0.632 bits per heavy atom. The van der Waals surface area contributed by atoms with E-state index in [-0.39, 0.29) is 32.7 Å². The lowest BCUT2D eigenvalue weighted by Crippen LogP contribution is -2.42. The zero-order valence-electron chi connectivity index (χ0n) is 33.1. The van der Waals surface area contributed by atoms with E-state index in [0.717, 1.165) is 95.0 Å². The number of carbonyl (C=O) groups is 2. The third kappa shape index (κ3) is 19.8. The molecule has 322 valence electrons. The Balaban J connectivity index is 0.000000570. The molecule has 0 saturated carbocycles. The van der Waals surface area contributed by atoms with Crippen molar-refractivity contribution < 1.29 is 50.9 Å². The highest BCUT2D eigenvalue weighted by atomic mass is 32.2. The quantitative estimate of drug-likeness (QED) is 0.0351. The lowest BCUT2D eigenvalue weighted by molar-refractivity contribution is -0.388. The highest BCUT2D eigenvalue weighted by Crippen LogP contribution is 2.25. The van der Waals surface area contributed by atoms with Crippen LogP contribution in [-0.4, -0.2) is 89.2 Å². The second-order valence-corrected chi connectivity index (χ2v) is 16.3. The first-order valence-corrected chi connectivity index (χ1v) is 22.2. The normalized spacial score (nSPS) is 12.5. The van der Waals surface area contributed by atoms with Crippen LogP contribution < -0.4 is 14.8 Å². The van der Waals surface area contributed by atoms with E-state index in [1.54, 1.807) is 13.8 Å². The number of hydrogen-bond donors (Lipinski definition) is 4. The van der Waals surface area contributed by atoms with E-state index in [4.69, 9.17) is 14.6 Å². The van der Waals surface area contributed by atoms with Crippen molar-refractivity contribution in [2.75, 3.05) is 33.4 Å². The number of sulfonamides is 2. The van der Waals surface area contributed by atoms with E-state index < -0.39 is 75.1 Å². The molecule has 0 fully saturated rings. The maximum atomic E-state index is 12.7. The van der Waals surface area contributed by atoms with Crippen LogP contribution in [0.15, 0.2) is 58.3 Å². The molecule has 0 saturated heterocycles. The summed E-state index contributed by atoms with van der Waals surface area (Å²) in [7, 11) is -6.61. The summed E-state index contributed by atoms with van der Waals surface area (Å²) in [5.74, 6) is -1.38. The molecule has 0 unspecified atom stereocenters. The van der Waals surface area contributed by atoms with Gasteiger partial charge >= 0.3 is 11.9 Å². The second-order valence-electron chi connectivity index (χ2n) is 12.9. The lowest BCUT2D eigenvalue weighted by atomic mass is 10.1. The number of esters is 2. The Labute approximate surface area is 335 Å². The summed E-state index contributed by atoms with van der Waals surface area (Å²) in [5, 5.41) is 34.1. The standard InChI is InChI=1S/C19H31N3O6S.C18H28N2O7S/c1-3-28-19(23)16(12-8-6-4-5-7-11-15-20-2)21-29(26,27)18-14-10-9-13-17(18)22(24)25;1-2-27-18(22)15(11-7-5-3-4-6-10-14-21)19-28(25,26)17-13-9-8-12-16(17)20(23)24/h9-10,13-14,16,20-21H,3-8,11-12,15H2,1-2H3;8-9,12-13,15,19,21H,2-7,10-11,14H2,1H3/t16-;15-/m00/s1. The zero-order valence-corrected chi connectivity index (χ0v) is 34.7. The lowest BCUT2D eigenvalue weighted by Gasteiger charge is -2.17. The van der Waals surface area contributed by atoms with Crippen molar-refractivity contribution in [1.82, 2.24) is 14.8 Å². The Morgan fingerprint density at radius 3 is 1.33 bits per heavy atom. The molecule has 4 N–H and O–H groups in total. The van der Waals surface area contributed by atoms with Crippen LogP contribution in [0.4, 0.5) is 11.4 Å². The summed E-state index contributed by atoms with van der Waals surface area (Å²) in [6, 6.07) is 7.83. The molecule has 57 heavy (non-hydrogen) atoms. The number of hydrogen-bond acceptors (Lipinski definition) is 14. The Kier molecular flexibility index (Phi) is 25.3. The van der Waals surface area contributed by atoms with Gasteiger partial charge in [-0.1, -0.05) is 88.5 Å². The molecule has 2 aromatic rings. The van der Waals surface area contributed by atoms with E-state index in [2.05, 4.69) is 14.8 Å². The Hall–Kier alpha value is -4.08. The van der Waals surface area contributed by atoms with Crippen molar-refractivity contribution in [3.05, 3.63) is 68.8 Å². The molecule has 0 radical (unpaired) electrons. The molecule has 0 spiro atoms. The average Bonchev–Trinajstić information content (AvgIpc) is 3.18. The molecular formula is C37H59N5O13S2. The summed E-state index contributed by atoms with van der Waals surface area (Å²) in [6.07, 6.45) is 11.2. The maximum Gasteiger partial charge on any atom is 0.324 e. The van der Waals surface area contributed by atoms with Crippen molar-refractivity contribution in [1.29, 1.82) is 0 Å². The number of rotatable bonds is 29. The minimum Gasteiger partial charge on any atom is -0.465 e. The second kappa shape index (κ2) is 28.3. The molecular weight excluding hydrogens is 787 g/mol. The van der Waals surface area contributed by atoms with Crippen molar-refractivity contribution in [3.63, 3.8) is 0 Å². The molecule has 0 aliphatic carbocycles. The topological polar surface area (TPSA) is 263 Å². The van der Waals surface area contributed by atoms with Gasteiger partial charge in [0.15, 0.2) is 9.79 Å². The largest absolute Gasteiger partial charge is 0.465 e. The third-order valence-electron chi connectivity index (χ3n) is 8.51. The molecule has 20 heteroatoms. The maximum absolute atomic E-state index is 12.7. The van der Waals surface area contributed by atoms with E-state index in [1.807, 2.05) is 7.05 Å². The van der Waals surface area contributed by atoms with Crippen molar-refractivity contribution in [2.45, 2.75) is 126 Å². The third-order valence-corrected chi connectivity index (χ3v) is 11.5. The number of unbranched alkanes of at least 4 members (excludes halogenated alkanes) is 10. The van der Waals surface area contributed by atoms with Crippen molar-refractivity contribution in [3.8, 4) is 0 Å². The van der Waals surface area contributed by atoms with Gasteiger partial charge < -0.3 is 19.9 Å². The summed E-state index contributed by atoms with van der Waals surface area (Å²) in [6.45, 7) is 4.62. The number of benzene rings is 2. The van der Waals surface area contributed by atoms with Crippen molar-refractivity contribution >= 4 is 43.4 Å². The number of ether oxygens (including phenoxy) is 2. The van der Waals surface area contributed by atoms with Gasteiger partial charge in [0.2, 0.25) is 20.0 Å². The van der Waals surface area contributed by atoms with Gasteiger partial charge in [-0.3, -0.25) is 29.8 Å². The fourth-order valence-corrected chi connectivity index (χ4v) is 8.41. The fourth-order valence-electron chi connectivity index (χ4n) is 5.63. The van der Waals surface area contributed by atoms with Gasteiger partial charge in [-0.25, -0.2) is 16.8 Å². The molecule has 0 heterocycles. The van der Waals surface area contributed by atoms with Gasteiger partial charge in [0.05, 0.1) is 23.1 Å². The van der Waals surface area contributed by atoms with E-state index in [9.17, 15) is 46.7 Å². The predicted molar refractivity (Wildman–Crippen MR) is 213 cm³/mol. The van der Waals surface area contributed by atoms with Crippen molar-refractivity contribution in [2.24, 2.45) is 0 Å². The van der Waals surface area contributed by atoms with Crippen LogP contribution in [0.25, 0.3) is 0 Å². The predicted octanol–water partition coefficient (Wildman–Crippen LogP) is 5.28. The molecule has 2 atom stereocenters. The van der Waals surface area contributed by atoms with E-state index in [1.165, 1.54) is 24.3 Å². The summed E-state index contributed by atoms with van der Waals surface area (Å²) >= 11 is 0. The number of carbonyl (C=O) groups excluding carboxylic acids is 2. The van der Waals surface area contributed by atoms with Crippen LogP contribution in [0.1, 0.15) is 104 Å². The zero-order chi connectivity index (χ0) is 42.7. The van der Waals surface area contributed by atoms with E-state index >= 15 is 0 Å². The average molecular weight is 846 g/mol. The van der Waals surface area contributed by atoms with Gasteiger partial charge in [-0.15, -0.1) is 0 Å². The van der Waals surface area contributed by atoms with Crippen LogP contribution in [0.3, 0.4) is 0 Å². The summed E-state index contributed by atoms with van der Waals surface area (Å²) in [4.78, 5) is 44.2. The Morgan fingerprint density at radius 2 is 0.982 bits per heavy atom. The van der Waals surface area contributed by atoms with Crippen LogP contribution in [-0.2, 0) is 39.1 Å². The van der Waals surface area contributed by atoms with Gasteiger partial charge in [0.25, 0.3) is 11.4 Å². The number of nitrogens with zero attached hydrogens (tertiary/aromatic N) is 2. The number of nitrogens with one attached hydrogen (secondary N) is 3. The van der Waals surface area contributed by atoms with E-state index in [0.29, 0.717) is 12.8 Å². The number of nitro groups is 2. The number of aliphatic hydroxyl groups excluding tert-OH is 1. The van der Waals surface area contributed by atoms with Crippen LogP contribution >= 0.6 is 0 Å². The molecule has 0 aliphatic heterocycles. The van der Waals surface area contributed by atoms with Gasteiger partial charge in [-0.2, -0.15) is 9.44 Å². The smallest absolute Gasteiger partial charge is 0.324 e. The van der Waals surface area contributed by atoms with Crippen LogP contribution in [0, 0.1) is 20.2 Å². The minimum atomic E-state index is -4.27. The van der Waals surface area contributed by atoms with Gasteiger partial charge in [0.1, 0.15) is 12.1 Å². The number of para-hydroxylation sites is 2. The number of nitro benzene ring substituents is 2. The summed E-state index contributed by atoms with van der Waals surface area (Å²) in [5.41, 5.74) is -1.09. The first kappa shape index (κ1) is 50.9. The number of aliphatic hydroxyl groups is 1. The fraction of sp³-hybridized carbons (Fsp3) is 0.622. The highest BCUT2D eigenvalue weighted by molar-refractivity contribution is 7.90. The molecule has 2 aromatic carbocycles. The van der Waals surface area contributed by atoms with Gasteiger partial charge in [0, 0.05) is 18.7 Å². The van der Waals surface area contributed by atoms with Gasteiger partial charge in [-0.05, 0) is 65.3 Å². The molecule has 0 amide bonds.